The molecule has 0 radical (unpaired) electrons. The van der Waals surface area contributed by atoms with E-state index < -0.39 is 0 Å². The van der Waals surface area contributed by atoms with E-state index in [2.05, 4.69) is 302 Å². The Balaban J connectivity index is 0.855. The zero-order chi connectivity index (χ0) is 57.3. The van der Waals surface area contributed by atoms with Crippen molar-refractivity contribution in [3.05, 3.63) is 266 Å². The zero-order valence-corrected chi connectivity index (χ0v) is 48.3. The van der Waals surface area contributed by atoms with Crippen LogP contribution in [-0.4, -0.2) is 28.2 Å². The number of aromatic nitrogens is 6. The lowest BCUT2D eigenvalue weighted by Gasteiger charge is -2.20. The average Bonchev–Trinajstić information content (AvgIpc) is 2.18. The predicted molar refractivity (Wildman–Crippen MR) is 354 cm³/mol. The number of rotatable bonds is 8. The van der Waals surface area contributed by atoms with E-state index in [0.29, 0.717) is 0 Å². The molecule has 0 saturated carbocycles. The standard InChI is InChI=1S/C78H60N6O/c1-77(2,3)51-39-41-79-73(45-51)83-67-37-31-49(57-25-17-29-69-75(57)61-23-13-15-27-65(61)81(69)53-19-9-7-10-20-53)43-63(67)59-35-33-55(47-71(59)83)85-56-34-36-60-64-44-50(32-38-68(64)84(72(60)48-56)74-46-52(40-42-80-74)78(4,5)6)58-26-18-30-70-76(58)62-24-14-16-28-66(62)82(70)54-21-11-8-12-22-54/h7-48H,1-6H3. The van der Waals surface area contributed by atoms with Crippen LogP contribution in [0.2, 0.25) is 0 Å². The third-order valence-corrected chi connectivity index (χ3v) is 17.4. The normalized spacial score (nSPS) is 12.4. The molecule has 0 aliphatic heterocycles. The lowest BCUT2D eigenvalue weighted by molar-refractivity contribution is 0.484. The van der Waals surface area contributed by atoms with Gasteiger partial charge >= 0.3 is 0 Å². The summed E-state index contributed by atoms with van der Waals surface area (Å²) in [5.74, 6) is 3.17. The van der Waals surface area contributed by atoms with Crippen molar-refractivity contribution in [1.82, 2.24) is 28.2 Å². The minimum atomic E-state index is -0.0833. The molecule has 0 amide bonds. The monoisotopic (exact) mass is 1100 g/mol. The van der Waals surface area contributed by atoms with Gasteiger partial charge in [0.2, 0.25) is 0 Å². The minimum absolute atomic E-state index is 0.0833. The third-order valence-electron chi connectivity index (χ3n) is 17.4. The molecule has 0 spiro atoms. The van der Waals surface area contributed by atoms with Gasteiger partial charge in [-0.2, -0.15) is 0 Å². The van der Waals surface area contributed by atoms with Crippen LogP contribution < -0.4 is 4.74 Å². The van der Waals surface area contributed by atoms with Crippen molar-refractivity contribution in [3.8, 4) is 56.8 Å². The van der Waals surface area contributed by atoms with Gasteiger partial charge in [-0.1, -0.05) is 151 Å². The van der Waals surface area contributed by atoms with E-state index in [-0.39, 0.29) is 10.8 Å². The molecule has 16 aromatic rings. The first kappa shape index (κ1) is 50.2. The highest BCUT2D eigenvalue weighted by Gasteiger charge is 2.24. The molecule has 7 nitrogen and oxygen atoms in total. The number of fused-ring (bicyclic) bond motifs is 12. The molecule has 0 aliphatic carbocycles. The van der Waals surface area contributed by atoms with Crippen LogP contribution in [0.3, 0.4) is 0 Å². The number of hydrogen-bond donors (Lipinski definition) is 0. The molecule has 85 heavy (non-hydrogen) atoms. The summed E-state index contributed by atoms with van der Waals surface area (Å²) in [4.78, 5) is 10.2. The highest BCUT2D eigenvalue weighted by molar-refractivity contribution is 6.19. The Morgan fingerprint density at radius 1 is 0.294 bits per heavy atom. The Labute approximate surface area is 492 Å². The van der Waals surface area contributed by atoms with Crippen molar-refractivity contribution in [3.63, 3.8) is 0 Å². The van der Waals surface area contributed by atoms with Crippen LogP contribution in [0.4, 0.5) is 0 Å². The van der Waals surface area contributed by atoms with E-state index in [1.807, 2.05) is 12.4 Å². The van der Waals surface area contributed by atoms with Crippen LogP contribution in [0.5, 0.6) is 11.5 Å². The van der Waals surface area contributed by atoms with Gasteiger partial charge < -0.3 is 13.9 Å². The van der Waals surface area contributed by atoms with Crippen molar-refractivity contribution >= 4 is 87.2 Å². The summed E-state index contributed by atoms with van der Waals surface area (Å²) >= 11 is 0. The number of hydrogen-bond acceptors (Lipinski definition) is 3. The molecule has 6 aromatic heterocycles. The summed E-state index contributed by atoms with van der Waals surface area (Å²) in [6, 6.07) is 87.9. The third kappa shape index (κ3) is 8.09. The van der Waals surface area contributed by atoms with Crippen LogP contribution in [-0.2, 0) is 10.8 Å². The molecule has 10 aromatic carbocycles. The van der Waals surface area contributed by atoms with Gasteiger partial charge in [0.25, 0.3) is 0 Å². The quantitative estimate of drug-likeness (QED) is 0.152. The van der Waals surface area contributed by atoms with Crippen molar-refractivity contribution in [2.45, 2.75) is 52.4 Å². The number of ether oxygens (including phenoxy) is 1. The molecule has 0 bridgehead atoms. The number of pyridine rings is 2. The molecule has 0 N–H and O–H groups in total. The van der Waals surface area contributed by atoms with E-state index in [9.17, 15) is 0 Å². The Morgan fingerprint density at radius 2 is 0.694 bits per heavy atom. The highest BCUT2D eigenvalue weighted by atomic mass is 16.5. The topological polar surface area (TPSA) is 54.7 Å². The highest BCUT2D eigenvalue weighted by Crippen LogP contribution is 2.45. The van der Waals surface area contributed by atoms with Crippen molar-refractivity contribution in [2.24, 2.45) is 0 Å². The molecular weight excluding hydrogens is 1040 g/mol. The SMILES string of the molecule is CC(C)(C)c1ccnc(-n2c3ccc(-c4cccc5c4c4ccccc4n5-c4ccccc4)cc3c3ccc(Oc4ccc5c6cc(-c7cccc8c7c7ccccc7n8-c7ccccc7)ccc6n(-c6cc(C(C)(C)C)ccn6)c5c4)cc32)c1. The summed E-state index contributed by atoms with van der Waals surface area (Å²) in [7, 11) is 0. The maximum absolute atomic E-state index is 7.09. The van der Waals surface area contributed by atoms with Gasteiger partial charge in [0.05, 0.1) is 44.1 Å². The van der Waals surface area contributed by atoms with E-state index in [1.165, 1.54) is 65.9 Å². The second kappa shape index (κ2) is 19.0. The van der Waals surface area contributed by atoms with Gasteiger partial charge in [-0.3, -0.25) is 9.13 Å². The second-order valence-electron chi connectivity index (χ2n) is 24.7. The summed E-state index contributed by atoms with van der Waals surface area (Å²) in [5.41, 5.74) is 18.1. The molecule has 7 heteroatoms. The predicted octanol–water partition coefficient (Wildman–Crippen LogP) is 20.6. The molecule has 16 rings (SSSR count). The smallest absolute Gasteiger partial charge is 0.137 e. The van der Waals surface area contributed by atoms with Crippen molar-refractivity contribution in [2.75, 3.05) is 0 Å². The molecule has 0 saturated heterocycles. The number of nitrogens with zero attached hydrogens (tertiary/aromatic N) is 6. The van der Waals surface area contributed by atoms with Gasteiger partial charge in [-0.25, -0.2) is 9.97 Å². The second-order valence-corrected chi connectivity index (χ2v) is 24.7. The average molecular weight is 1100 g/mol. The fraction of sp³-hybridized carbons (Fsp3) is 0.103. The first-order chi connectivity index (χ1) is 41.4. The maximum Gasteiger partial charge on any atom is 0.137 e. The van der Waals surface area contributed by atoms with Crippen LogP contribution in [0, 0.1) is 0 Å². The molecule has 0 aliphatic rings. The molecule has 408 valence electrons. The van der Waals surface area contributed by atoms with E-state index in [1.54, 1.807) is 0 Å². The summed E-state index contributed by atoms with van der Waals surface area (Å²) in [6.45, 7) is 13.5. The first-order valence-electron chi connectivity index (χ1n) is 29.4. The molecular formula is C78H60N6O. The van der Waals surface area contributed by atoms with Crippen LogP contribution >= 0.6 is 0 Å². The van der Waals surface area contributed by atoms with Gasteiger partial charge in [0.15, 0.2) is 0 Å². The molecule has 6 heterocycles. The van der Waals surface area contributed by atoms with Crippen LogP contribution in [0.1, 0.15) is 52.7 Å². The van der Waals surface area contributed by atoms with Crippen molar-refractivity contribution < 1.29 is 4.74 Å². The van der Waals surface area contributed by atoms with Crippen LogP contribution in [0.15, 0.2) is 255 Å². The summed E-state index contributed by atoms with van der Waals surface area (Å²) in [5, 5.41) is 9.41. The first-order valence-corrected chi connectivity index (χ1v) is 29.4. The Morgan fingerprint density at radius 3 is 1.13 bits per heavy atom. The van der Waals surface area contributed by atoms with Gasteiger partial charge in [0.1, 0.15) is 23.1 Å². The van der Waals surface area contributed by atoms with Crippen LogP contribution in [0.25, 0.3) is 132 Å². The Bertz CT molecular complexity index is 5020. The number of para-hydroxylation sites is 4. The Hall–Kier alpha value is -10.5. The fourth-order valence-electron chi connectivity index (χ4n) is 13.3. The minimum Gasteiger partial charge on any atom is -0.457 e. The molecule has 0 fully saturated rings. The molecule has 0 atom stereocenters. The lowest BCUT2D eigenvalue weighted by atomic mass is 9.88. The van der Waals surface area contributed by atoms with Gasteiger partial charge in [-0.05, 0) is 166 Å². The summed E-state index contributed by atoms with van der Waals surface area (Å²) in [6.07, 6.45) is 3.89. The van der Waals surface area contributed by atoms with E-state index in [4.69, 9.17) is 14.7 Å². The lowest BCUT2D eigenvalue weighted by Crippen LogP contribution is -2.12. The Kier molecular flexibility index (Phi) is 11.2. The molecule has 0 unspecified atom stereocenters. The largest absolute Gasteiger partial charge is 0.457 e. The van der Waals surface area contributed by atoms with Gasteiger partial charge in [0, 0.05) is 79.0 Å². The van der Waals surface area contributed by atoms with E-state index in [0.717, 1.165) is 89.2 Å². The maximum atomic E-state index is 7.09. The van der Waals surface area contributed by atoms with E-state index >= 15 is 0 Å². The van der Waals surface area contributed by atoms with Gasteiger partial charge in [-0.15, -0.1) is 0 Å². The fourth-order valence-corrected chi connectivity index (χ4v) is 13.3. The number of benzene rings is 10. The zero-order valence-electron chi connectivity index (χ0n) is 48.3. The van der Waals surface area contributed by atoms with Crippen molar-refractivity contribution in [1.29, 1.82) is 0 Å². The summed E-state index contributed by atoms with van der Waals surface area (Å²) < 4.78 is 16.5.